The average Bonchev–Trinajstić information content (AvgIpc) is 3.10. The van der Waals surface area contributed by atoms with Crippen molar-refractivity contribution >= 4 is 13.6 Å². The molecule has 0 spiro atoms. The number of ether oxygens (including phenoxy) is 3. The Morgan fingerprint density at radius 3 is 1.45 bits per heavy atom. The zero-order valence-corrected chi connectivity index (χ0v) is 27.8. The van der Waals surface area contributed by atoms with Gasteiger partial charge in [0.15, 0.2) is 0 Å². The lowest BCUT2D eigenvalue weighted by atomic mass is 9.99. The van der Waals surface area contributed by atoms with E-state index in [1.807, 2.05) is 121 Å². The summed E-state index contributed by atoms with van der Waals surface area (Å²) in [6.45, 7) is 3.53. The van der Waals surface area contributed by atoms with E-state index in [1.54, 1.807) is 25.2 Å². The maximum Gasteiger partial charge on any atom is 0.233 e. The molecule has 8 nitrogen and oxygen atoms in total. The summed E-state index contributed by atoms with van der Waals surface area (Å²) in [5, 5.41) is 11.9. The molecule has 0 saturated heterocycles. The molecule has 4 aromatic carbocycles. The first kappa shape index (κ1) is 36.0. The Labute approximate surface area is 277 Å². The highest BCUT2D eigenvalue weighted by molar-refractivity contribution is 7.65. The second-order valence-corrected chi connectivity index (χ2v) is 14.7. The summed E-state index contributed by atoms with van der Waals surface area (Å²) in [6, 6.07) is 37.4. The van der Waals surface area contributed by atoms with Crippen LogP contribution in [0.3, 0.4) is 0 Å². The van der Waals surface area contributed by atoms with Gasteiger partial charge in [-0.25, -0.2) is 5.06 Å². The van der Waals surface area contributed by atoms with Crippen LogP contribution in [0.25, 0.3) is 0 Å². The number of aliphatic hydroxyl groups is 1. The fraction of sp³-hybridized carbons (Fsp3) is 0.289. The Morgan fingerprint density at radius 2 is 1.04 bits per heavy atom. The highest BCUT2D eigenvalue weighted by atomic mass is 31.2. The number of hydroxylamine groups is 2. The van der Waals surface area contributed by atoms with E-state index < -0.39 is 38.1 Å². The number of carbonyl (C=O) groups excluding carboxylic acids is 1. The van der Waals surface area contributed by atoms with Gasteiger partial charge in [-0.3, -0.25) is 9.63 Å². The number of carbonyl (C=O) groups is 1. The van der Waals surface area contributed by atoms with E-state index in [9.17, 15) is 14.5 Å². The molecule has 0 aliphatic carbocycles. The second kappa shape index (κ2) is 19.1. The molecule has 0 saturated carbocycles. The molecule has 0 fully saturated rings. The van der Waals surface area contributed by atoms with Crippen LogP contribution in [0.4, 0.5) is 0 Å². The topological polar surface area (TPSA) is 94.5 Å². The third kappa shape index (κ3) is 12.3. The number of hydrogen-bond donors (Lipinski definition) is 1. The molecule has 0 heterocycles. The van der Waals surface area contributed by atoms with Crippen molar-refractivity contribution in [2.75, 3.05) is 19.9 Å². The van der Waals surface area contributed by atoms with Crippen molar-refractivity contribution < 1.29 is 33.5 Å². The Morgan fingerprint density at radius 1 is 0.638 bits per heavy atom. The van der Waals surface area contributed by atoms with Crippen LogP contribution >= 0.6 is 7.14 Å². The summed E-state index contributed by atoms with van der Waals surface area (Å²) >= 11 is 0. The Hall–Kier alpha value is -3.88. The molecule has 4 aromatic rings. The molecular formula is C38H44NO7P. The molecule has 0 aliphatic rings. The molecule has 47 heavy (non-hydrogen) atoms. The van der Waals surface area contributed by atoms with Crippen LogP contribution in [0, 0.1) is 0 Å². The summed E-state index contributed by atoms with van der Waals surface area (Å²) in [7, 11) is -2.62. The minimum absolute atomic E-state index is 0.0969. The summed E-state index contributed by atoms with van der Waals surface area (Å²) in [4.78, 5) is 18.5. The minimum atomic E-state index is -2.62. The van der Waals surface area contributed by atoms with Gasteiger partial charge in [-0.05, 0) is 47.5 Å². The van der Waals surface area contributed by atoms with Gasteiger partial charge in [0.1, 0.15) is 38.1 Å². The fourth-order valence-electron chi connectivity index (χ4n) is 4.91. The van der Waals surface area contributed by atoms with Crippen LogP contribution in [0.5, 0.6) is 0 Å². The zero-order chi connectivity index (χ0) is 33.3. The molecule has 0 radical (unpaired) electrons. The standard InChI is InChI=1S/C38H44NO7P/c1-47(2,42)24-23-36(43-26-31-15-7-3-8-16-31)38(45-28-33-19-11-5-12-20-33)37(44-27-32-17-9-4-10-18-32)35(25-40)39(30-41)46-29-34-21-13-6-14-22-34/h3-24,30,35-38,40H,25-29H2,1-2H3/b24-23+/t35?,36-,37+,38-/m1/s1. The van der Waals surface area contributed by atoms with Crippen molar-refractivity contribution in [3.05, 3.63) is 155 Å². The normalized spacial score (nSPS) is 14.4. The van der Waals surface area contributed by atoms with E-state index in [0.717, 1.165) is 27.3 Å². The van der Waals surface area contributed by atoms with Crippen LogP contribution < -0.4 is 0 Å². The molecule has 1 unspecified atom stereocenters. The number of hydrogen-bond acceptors (Lipinski definition) is 7. The predicted octanol–water partition coefficient (Wildman–Crippen LogP) is 6.83. The van der Waals surface area contributed by atoms with Gasteiger partial charge < -0.3 is 23.9 Å². The molecule has 9 heteroatoms. The van der Waals surface area contributed by atoms with Crippen LogP contribution in [-0.4, -0.2) is 60.9 Å². The maximum absolute atomic E-state index is 12.9. The number of nitrogens with zero attached hydrogens (tertiary/aromatic N) is 1. The predicted molar refractivity (Wildman–Crippen MR) is 184 cm³/mol. The number of benzene rings is 4. The summed E-state index contributed by atoms with van der Waals surface area (Å²) in [6.07, 6.45) is -0.347. The Kier molecular flexibility index (Phi) is 14.6. The van der Waals surface area contributed by atoms with Gasteiger partial charge in [0.05, 0.1) is 26.4 Å². The molecule has 0 bridgehead atoms. The van der Waals surface area contributed by atoms with Gasteiger partial charge in [0, 0.05) is 0 Å². The Balaban J connectivity index is 1.74. The molecule has 4 rings (SSSR count). The quantitative estimate of drug-likeness (QED) is 0.0633. The largest absolute Gasteiger partial charge is 0.394 e. The molecule has 248 valence electrons. The van der Waals surface area contributed by atoms with Crippen molar-refractivity contribution in [3.63, 3.8) is 0 Å². The molecular weight excluding hydrogens is 613 g/mol. The smallest absolute Gasteiger partial charge is 0.233 e. The summed E-state index contributed by atoms with van der Waals surface area (Å²) in [5.41, 5.74) is 3.59. The number of amides is 1. The second-order valence-electron chi connectivity index (χ2n) is 11.5. The minimum Gasteiger partial charge on any atom is -0.394 e. The van der Waals surface area contributed by atoms with E-state index in [-0.39, 0.29) is 26.4 Å². The van der Waals surface area contributed by atoms with Gasteiger partial charge in [0.25, 0.3) is 0 Å². The van der Waals surface area contributed by atoms with Crippen molar-refractivity contribution in [3.8, 4) is 0 Å². The van der Waals surface area contributed by atoms with E-state index in [1.165, 1.54) is 0 Å². The highest BCUT2D eigenvalue weighted by Gasteiger charge is 2.40. The van der Waals surface area contributed by atoms with Gasteiger partial charge in [-0.1, -0.05) is 121 Å². The van der Waals surface area contributed by atoms with E-state index in [2.05, 4.69) is 0 Å². The van der Waals surface area contributed by atoms with E-state index >= 15 is 0 Å². The first-order chi connectivity index (χ1) is 22.9. The van der Waals surface area contributed by atoms with Crippen molar-refractivity contribution in [2.45, 2.75) is 50.8 Å². The monoisotopic (exact) mass is 657 g/mol. The number of aliphatic hydroxyl groups excluding tert-OH is 1. The van der Waals surface area contributed by atoms with Gasteiger partial charge in [-0.2, -0.15) is 0 Å². The summed E-state index contributed by atoms with van der Waals surface area (Å²) < 4.78 is 32.6. The lowest BCUT2D eigenvalue weighted by Gasteiger charge is -2.39. The molecule has 4 atom stereocenters. The average molecular weight is 658 g/mol. The zero-order valence-electron chi connectivity index (χ0n) is 26.9. The Bertz CT molecular complexity index is 1520. The maximum atomic E-state index is 12.9. The molecule has 1 amide bonds. The SMILES string of the molecule is CP(C)(=O)/C=C/[C@@H](OCc1ccccc1)[C@@H](OCc1ccccc1)[C@@H](OCc1ccccc1)C(CO)N(C=O)OCc1ccccc1. The lowest BCUT2D eigenvalue weighted by Crippen LogP contribution is -2.55. The van der Waals surface area contributed by atoms with Crippen molar-refractivity contribution in [1.29, 1.82) is 0 Å². The summed E-state index contributed by atoms with van der Waals surface area (Å²) in [5.74, 6) is 1.65. The van der Waals surface area contributed by atoms with Crippen molar-refractivity contribution in [1.82, 2.24) is 5.06 Å². The van der Waals surface area contributed by atoms with Crippen LogP contribution in [0.1, 0.15) is 22.3 Å². The van der Waals surface area contributed by atoms with Crippen LogP contribution in [0.15, 0.2) is 133 Å². The van der Waals surface area contributed by atoms with Gasteiger partial charge in [0.2, 0.25) is 6.41 Å². The number of rotatable bonds is 20. The lowest BCUT2D eigenvalue weighted by molar-refractivity contribution is -0.235. The van der Waals surface area contributed by atoms with Crippen molar-refractivity contribution in [2.24, 2.45) is 0 Å². The fourth-order valence-corrected chi connectivity index (χ4v) is 5.49. The van der Waals surface area contributed by atoms with Gasteiger partial charge >= 0.3 is 0 Å². The first-order valence-electron chi connectivity index (χ1n) is 15.6. The van der Waals surface area contributed by atoms with E-state index in [0.29, 0.717) is 6.41 Å². The van der Waals surface area contributed by atoms with Crippen LogP contribution in [-0.2, 0) is 54.8 Å². The molecule has 1 N–H and O–H groups in total. The van der Waals surface area contributed by atoms with Crippen LogP contribution in [0.2, 0.25) is 0 Å². The molecule has 0 aliphatic heterocycles. The molecule has 0 aromatic heterocycles. The van der Waals surface area contributed by atoms with Gasteiger partial charge in [-0.15, -0.1) is 0 Å². The third-order valence-corrected chi connectivity index (χ3v) is 8.25. The van der Waals surface area contributed by atoms with E-state index in [4.69, 9.17) is 19.0 Å². The first-order valence-corrected chi connectivity index (χ1v) is 18.3. The highest BCUT2D eigenvalue weighted by Crippen LogP contribution is 2.38. The third-order valence-electron chi connectivity index (χ3n) is 7.36.